The van der Waals surface area contributed by atoms with Crippen LogP contribution in [0.1, 0.15) is 35.2 Å². The number of hydrogen-bond acceptors (Lipinski definition) is 3. The molecule has 0 aromatic heterocycles. The molecule has 128 valence electrons. The largest absolute Gasteiger partial charge is 0.490 e. The topological polar surface area (TPSA) is 58.6 Å². The van der Waals surface area contributed by atoms with Crippen LogP contribution in [0.2, 0.25) is 0 Å². The molecule has 0 fully saturated rings. The van der Waals surface area contributed by atoms with Gasteiger partial charge in [-0.15, -0.1) is 0 Å². The predicted molar refractivity (Wildman–Crippen MR) is 90.8 cm³/mol. The Balaban J connectivity index is 2.10. The van der Waals surface area contributed by atoms with Gasteiger partial charge >= 0.3 is 0 Å². The molecule has 0 radical (unpaired) electrons. The zero-order valence-corrected chi connectivity index (χ0v) is 13.7. The molecule has 1 unspecified atom stereocenters. The van der Waals surface area contributed by atoms with Crippen molar-refractivity contribution >= 4 is 5.91 Å². The molecule has 0 saturated carbocycles. The molecule has 0 aliphatic heterocycles. The number of hydrogen-bond donors (Lipinski definition) is 2. The highest BCUT2D eigenvalue weighted by molar-refractivity contribution is 5.97. The fourth-order valence-corrected chi connectivity index (χ4v) is 2.56. The number of carbonyl (C=O) groups excluding carboxylic acids is 1. The minimum atomic E-state index is -0.556. The van der Waals surface area contributed by atoms with Crippen molar-refractivity contribution in [3.8, 4) is 5.75 Å². The van der Waals surface area contributed by atoms with Gasteiger partial charge < -0.3 is 15.2 Å². The van der Waals surface area contributed by atoms with E-state index < -0.39 is 11.7 Å². The molecule has 0 aliphatic rings. The first-order valence-electron chi connectivity index (χ1n) is 8.02. The molecule has 4 nitrogen and oxygen atoms in total. The van der Waals surface area contributed by atoms with Crippen LogP contribution in [0.5, 0.6) is 5.75 Å². The van der Waals surface area contributed by atoms with Gasteiger partial charge in [-0.1, -0.05) is 36.4 Å². The minimum Gasteiger partial charge on any atom is -0.490 e. The normalized spacial score (nSPS) is 11.8. The molecule has 0 spiro atoms. The Bertz CT molecular complexity index is 661. The molecular weight excluding hydrogens is 309 g/mol. The molecule has 0 bridgehead atoms. The van der Waals surface area contributed by atoms with Gasteiger partial charge in [0.15, 0.2) is 11.6 Å². The lowest BCUT2D eigenvalue weighted by atomic mass is 9.96. The Morgan fingerprint density at radius 2 is 1.96 bits per heavy atom. The summed E-state index contributed by atoms with van der Waals surface area (Å²) in [6.45, 7) is 2.39. The summed E-state index contributed by atoms with van der Waals surface area (Å²) < 4.78 is 19.1. The standard InChI is InChI=1S/C19H22FNO3/c1-2-24-18-16(9-6-10-17(18)20)19(23)21-13-15(11-12-22)14-7-4-3-5-8-14/h3-10,15,22H,2,11-13H2,1H3,(H,21,23). The van der Waals surface area contributed by atoms with Crippen molar-refractivity contribution in [3.05, 3.63) is 65.5 Å². The van der Waals surface area contributed by atoms with Gasteiger partial charge in [0.05, 0.1) is 12.2 Å². The average molecular weight is 331 g/mol. The maximum Gasteiger partial charge on any atom is 0.255 e. The second-order valence-electron chi connectivity index (χ2n) is 5.38. The summed E-state index contributed by atoms with van der Waals surface area (Å²) in [4.78, 5) is 12.4. The number of para-hydroxylation sites is 1. The number of halogens is 1. The van der Waals surface area contributed by atoms with E-state index in [-0.39, 0.29) is 30.4 Å². The highest BCUT2D eigenvalue weighted by Gasteiger charge is 2.18. The fraction of sp³-hybridized carbons (Fsp3) is 0.316. The first-order valence-corrected chi connectivity index (χ1v) is 8.02. The third-order valence-electron chi connectivity index (χ3n) is 3.76. The summed E-state index contributed by atoms with van der Waals surface area (Å²) in [5, 5.41) is 12.1. The van der Waals surface area contributed by atoms with E-state index in [1.807, 2.05) is 30.3 Å². The van der Waals surface area contributed by atoms with Gasteiger partial charge in [0.1, 0.15) is 0 Å². The number of amides is 1. The zero-order valence-electron chi connectivity index (χ0n) is 13.7. The van der Waals surface area contributed by atoms with E-state index in [1.54, 1.807) is 6.92 Å². The number of carbonyl (C=O) groups is 1. The van der Waals surface area contributed by atoms with Gasteiger partial charge in [-0.3, -0.25) is 4.79 Å². The van der Waals surface area contributed by atoms with Gasteiger partial charge in [0.25, 0.3) is 5.91 Å². The van der Waals surface area contributed by atoms with E-state index in [2.05, 4.69) is 5.32 Å². The molecule has 1 atom stereocenters. The highest BCUT2D eigenvalue weighted by atomic mass is 19.1. The average Bonchev–Trinajstić information content (AvgIpc) is 2.61. The smallest absolute Gasteiger partial charge is 0.255 e. The summed E-state index contributed by atoms with van der Waals surface area (Å²) in [5.74, 6) is -0.989. The van der Waals surface area contributed by atoms with E-state index in [0.717, 1.165) is 5.56 Å². The summed E-state index contributed by atoms with van der Waals surface area (Å²) in [5.41, 5.74) is 1.21. The SMILES string of the molecule is CCOc1c(F)cccc1C(=O)NCC(CCO)c1ccccc1. The zero-order chi connectivity index (χ0) is 17.4. The number of nitrogens with one attached hydrogen (secondary N) is 1. The molecule has 2 N–H and O–H groups in total. The molecular formula is C19H22FNO3. The summed E-state index contributed by atoms with van der Waals surface area (Å²) in [6.07, 6.45) is 0.533. The number of ether oxygens (including phenoxy) is 1. The van der Waals surface area contributed by atoms with Crippen LogP contribution >= 0.6 is 0 Å². The molecule has 0 saturated heterocycles. The Morgan fingerprint density at radius 1 is 1.21 bits per heavy atom. The molecule has 1 amide bonds. The quantitative estimate of drug-likeness (QED) is 0.781. The fourth-order valence-electron chi connectivity index (χ4n) is 2.56. The molecule has 0 heterocycles. The van der Waals surface area contributed by atoms with Gasteiger partial charge in [-0.25, -0.2) is 4.39 Å². The Labute approximate surface area is 141 Å². The van der Waals surface area contributed by atoms with Gasteiger partial charge in [-0.2, -0.15) is 0 Å². The van der Waals surface area contributed by atoms with Crippen LogP contribution in [0.3, 0.4) is 0 Å². The molecule has 2 rings (SSSR count). The predicted octanol–water partition coefficient (Wildman–Crippen LogP) is 3.12. The second kappa shape index (κ2) is 9.03. The number of aliphatic hydroxyl groups is 1. The van der Waals surface area contributed by atoms with Crippen molar-refractivity contribution in [3.63, 3.8) is 0 Å². The molecule has 2 aromatic rings. The Hall–Kier alpha value is -2.40. The number of benzene rings is 2. The van der Waals surface area contributed by atoms with Crippen molar-refractivity contribution in [2.75, 3.05) is 19.8 Å². The van der Waals surface area contributed by atoms with Crippen molar-refractivity contribution in [1.82, 2.24) is 5.32 Å². The van der Waals surface area contributed by atoms with Crippen molar-refractivity contribution in [2.24, 2.45) is 0 Å². The van der Waals surface area contributed by atoms with Crippen molar-refractivity contribution in [1.29, 1.82) is 0 Å². The van der Waals surface area contributed by atoms with E-state index >= 15 is 0 Å². The maximum atomic E-state index is 13.8. The van der Waals surface area contributed by atoms with Gasteiger partial charge in [0, 0.05) is 19.1 Å². The Kier molecular flexibility index (Phi) is 6.75. The molecule has 5 heteroatoms. The van der Waals surface area contributed by atoms with Crippen LogP contribution in [0.15, 0.2) is 48.5 Å². The Morgan fingerprint density at radius 3 is 2.62 bits per heavy atom. The van der Waals surface area contributed by atoms with Crippen LogP contribution in [-0.2, 0) is 0 Å². The van der Waals surface area contributed by atoms with E-state index in [1.165, 1.54) is 18.2 Å². The number of aliphatic hydroxyl groups excluding tert-OH is 1. The van der Waals surface area contributed by atoms with Crippen LogP contribution < -0.4 is 10.1 Å². The lowest BCUT2D eigenvalue weighted by molar-refractivity contribution is 0.0944. The summed E-state index contributed by atoms with van der Waals surface area (Å²) in [7, 11) is 0. The maximum absolute atomic E-state index is 13.8. The first kappa shape index (κ1) is 17.9. The molecule has 24 heavy (non-hydrogen) atoms. The van der Waals surface area contributed by atoms with Gasteiger partial charge in [-0.05, 0) is 31.0 Å². The van der Waals surface area contributed by atoms with E-state index in [9.17, 15) is 14.3 Å². The summed E-state index contributed by atoms with van der Waals surface area (Å²) in [6, 6.07) is 13.9. The third kappa shape index (κ3) is 4.55. The third-order valence-corrected chi connectivity index (χ3v) is 3.76. The molecule has 2 aromatic carbocycles. The second-order valence-corrected chi connectivity index (χ2v) is 5.38. The lowest BCUT2D eigenvalue weighted by Crippen LogP contribution is -2.29. The van der Waals surface area contributed by atoms with Crippen LogP contribution in [-0.4, -0.2) is 30.8 Å². The van der Waals surface area contributed by atoms with Crippen LogP contribution in [0.4, 0.5) is 4.39 Å². The van der Waals surface area contributed by atoms with Crippen LogP contribution in [0.25, 0.3) is 0 Å². The monoisotopic (exact) mass is 331 g/mol. The lowest BCUT2D eigenvalue weighted by Gasteiger charge is -2.18. The van der Waals surface area contributed by atoms with Crippen molar-refractivity contribution in [2.45, 2.75) is 19.3 Å². The summed E-state index contributed by atoms with van der Waals surface area (Å²) >= 11 is 0. The first-order chi connectivity index (χ1) is 11.7. The minimum absolute atomic E-state index is 0.00995. The van der Waals surface area contributed by atoms with E-state index in [0.29, 0.717) is 13.0 Å². The van der Waals surface area contributed by atoms with Gasteiger partial charge in [0.2, 0.25) is 0 Å². The number of rotatable bonds is 8. The van der Waals surface area contributed by atoms with E-state index in [4.69, 9.17) is 4.74 Å². The van der Waals surface area contributed by atoms with Crippen LogP contribution in [0, 0.1) is 5.82 Å². The molecule has 0 aliphatic carbocycles. The highest BCUT2D eigenvalue weighted by Crippen LogP contribution is 2.23. The van der Waals surface area contributed by atoms with Crippen molar-refractivity contribution < 1.29 is 19.0 Å².